The van der Waals surface area contributed by atoms with E-state index >= 15 is 0 Å². The number of fused-ring (bicyclic) bond motifs is 1. The fourth-order valence-corrected chi connectivity index (χ4v) is 2.46. The predicted octanol–water partition coefficient (Wildman–Crippen LogP) is 1.59. The third-order valence-electron chi connectivity index (χ3n) is 3.17. The minimum Gasteiger partial charge on any atom is -0.352 e. The second-order valence-electron chi connectivity index (χ2n) is 5.07. The van der Waals surface area contributed by atoms with Crippen LogP contribution in [-0.4, -0.2) is 21.5 Å². The lowest BCUT2D eigenvalue weighted by Gasteiger charge is -2.15. The molecule has 0 saturated heterocycles. The Balaban J connectivity index is 2.15. The zero-order chi connectivity index (χ0) is 12.4. The molecule has 94 valence electrons. The van der Waals surface area contributed by atoms with E-state index in [1.807, 2.05) is 20.8 Å². The maximum atomic E-state index is 11.8. The predicted molar refractivity (Wildman–Crippen MR) is 66.9 cm³/mol. The molecule has 17 heavy (non-hydrogen) atoms. The molecule has 2 rings (SSSR count). The van der Waals surface area contributed by atoms with Crippen LogP contribution in [0.4, 0.5) is 0 Å². The van der Waals surface area contributed by atoms with Crippen LogP contribution in [-0.2, 0) is 24.2 Å². The Morgan fingerprint density at radius 3 is 2.82 bits per heavy atom. The van der Waals surface area contributed by atoms with E-state index in [0.29, 0.717) is 6.54 Å². The molecule has 1 amide bonds. The van der Waals surface area contributed by atoms with Gasteiger partial charge in [0.1, 0.15) is 12.4 Å². The monoisotopic (exact) mass is 235 g/mol. The first-order valence-corrected chi connectivity index (χ1v) is 6.42. The Kier molecular flexibility index (Phi) is 3.50. The Hall–Kier alpha value is -1.32. The average Bonchev–Trinajstić information content (AvgIpc) is 2.55. The van der Waals surface area contributed by atoms with Crippen LogP contribution in [0.25, 0.3) is 0 Å². The molecule has 0 unspecified atom stereocenters. The van der Waals surface area contributed by atoms with Crippen LogP contribution in [0.2, 0.25) is 0 Å². The molecule has 4 heteroatoms. The molecule has 0 atom stereocenters. The van der Waals surface area contributed by atoms with E-state index in [-0.39, 0.29) is 11.9 Å². The summed E-state index contributed by atoms with van der Waals surface area (Å²) in [4.78, 5) is 16.4. The van der Waals surface area contributed by atoms with Crippen molar-refractivity contribution < 1.29 is 4.79 Å². The van der Waals surface area contributed by atoms with Gasteiger partial charge in [0.15, 0.2) is 0 Å². The van der Waals surface area contributed by atoms with Gasteiger partial charge in [0, 0.05) is 11.7 Å². The number of hydrogen-bond donors (Lipinski definition) is 1. The van der Waals surface area contributed by atoms with Crippen molar-refractivity contribution in [1.29, 1.82) is 0 Å². The maximum Gasteiger partial charge on any atom is 0.240 e. The number of aromatic nitrogens is 2. The van der Waals surface area contributed by atoms with Crippen LogP contribution in [0.5, 0.6) is 0 Å². The molecule has 0 aliphatic heterocycles. The average molecular weight is 235 g/mol. The maximum absolute atomic E-state index is 11.8. The van der Waals surface area contributed by atoms with E-state index in [4.69, 9.17) is 0 Å². The molecule has 0 bridgehead atoms. The van der Waals surface area contributed by atoms with Gasteiger partial charge in [0.2, 0.25) is 5.91 Å². The zero-order valence-corrected chi connectivity index (χ0v) is 10.9. The number of imidazole rings is 1. The van der Waals surface area contributed by atoms with Crippen LogP contribution in [0.1, 0.15) is 43.9 Å². The van der Waals surface area contributed by atoms with E-state index in [9.17, 15) is 4.79 Å². The highest BCUT2D eigenvalue weighted by molar-refractivity contribution is 5.76. The second-order valence-corrected chi connectivity index (χ2v) is 5.07. The quantitative estimate of drug-likeness (QED) is 0.865. The lowest BCUT2D eigenvalue weighted by molar-refractivity contribution is -0.122. The highest BCUT2D eigenvalue weighted by Gasteiger charge is 2.19. The van der Waals surface area contributed by atoms with Gasteiger partial charge in [0.05, 0.1) is 5.69 Å². The summed E-state index contributed by atoms with van der Waals surface area (Å²) in [5, 5.41) is 2.93. The molecular weight excluding hydrogens is 214 g/mol. The smallest absolute Gasteiger partial charge is 0.240 e. The summed E-state index contributed by atoms with van der Waals surface area (Å²) in [5.41, 5.74) is 2.47. The van der Waals surface area contributed by atoms with Crippen molar-refractivity contribution in [2.24, 2.45) is 0 Å². The minimum absolute atomic E-state index is 0.0777. The molecule has 1 N–H and O–H groups in total. The third-order valence-corrected chi connectivity index (χ3v) is 3.17. The lowest BCUT2D eigenvalue weighted by Crippen LogP contribution is -2.33. The Bertz CT molecular complexity index is 421. The molecule has 4 nitrogen and oxygen atoms in total. The van der Waals surface area contributed by atoms with E-state index in [0.717, 1.165) is 18.7 Å². The van der Waals surface area contributed by atoms with E-state index in [1.54, 1.807) is 0 Å². The number of hydrogen-bond acceptors (Lipinski definition) is 2. The second kappa shape index (κ2) is 4.90. The molecule has 0 radical (unpaired) electrons. The molecule has 0 spiro atoms. The van der Waals surface area contributed by atoms with Gasteiger partial charge < -0.3 is 9.88 Å². The molecule has 0 fully saturated rings. The van der Waals surface area contributed by atoms with Crippen molar-refractivity contribution in [2.45, 2.75) is 59.0 Å². The SMILES string of the molecule is Cc1nc2c(n1CC(=O)NC(C)C)CCCC2. The summed E-state index contributed by atoms with van der Waals surface area (Å²) < 4.78 is 2.08. The molecule has 1 aliphatic carbocycles. The number of amides is 1. The molecule has 1 heterocycles. The zero-order valence-electron chi connectivity index (χ0n) is 10.9. The lowest BCUT2D eigenvalue weighted by atomic mass is 10.0. The number of carbonyl (C=O) groups excluding carboxylic acids is 1. The van der Waals surface area contributed by atoms with Crippen LogP contribution >= 0.6 is 0 Å². The number of rotatable bonds is 3. The fourth-order valence-electron chi connectivity index (χ4n) is 2.46. The number of carbonyl (C=O) groups is 1. The van der Waals surface area contributed by atoms with Gasteiger partial charge in [-0.2, -0.15) is 0 Å². The Morgan fingerprint density at radius 1 is 1.41 bits per heavy atom. The normalized spacial score (nSPS) is 14.8. The summed E-state index contributed by atoms with van der Waals surface area (Å²) in [7, 11) is 0. The largest absolute Gasteiger partial charge is 0.352 e. The first kappa shape index (κ1) is 12.1. The van der Waals surface area contributed by atoms with E-state index in [2.05, 4.69) is 14.9 Å². The van der Waals surface area contributed by atoms with E-state index in [1.165, 1.54) is 24.2 Å². The molecule has 0 aromatic carbocycles. The van der Waals surface area contributed by atoms with Gasteiger partial charge in [-0.3, -0.25) is 4.79 Å². The molecule has 1 aromatic rings. The Labute approximate surface area is 102 Å². The van der Waals surface area contributed by atoms with Gasteiger partial charge >= 0.3 is 0 Å². The van der Waals surface area contributed by atoms with Gasteiger partial charge in [-0.25, -0.2) is 4.98 Å². The van der Waals surface area contributed by atoms with Gasteiger partial charge in [-0.1, -0.05) is 0 Å². The standard InChI is InChI=1S/C13H21N3O/c1-9(2)14-13(17)8-16-10(3)15-11-6-4-5-7-12(11)16/h9H,4-8H2,1-3H3,(H,14,17). The van der Waals surface area contributed by atoms with Crippen LogP contribution in [0, 0.1) is 6.92 Å². The third kappa shape index (κ3) is 2.68. The topological polar surface area (TPSA) is 46.9 Å². The highest BCUT2D eigenvalue weighted by Crippen LogP contribution is 2.21. The summed E-state index contributed by atoms with van der Waals surface area (Å²) in [6.45, 7) is 6.36. The minimum atomic E-state index is 0.0777. The van der Waals surface area contributed by atoms with Crippen LogP contribution in [0.15, 0.2) is 0 Å². The van der Waals surface area contributed by atoms with Crippen molar-refractivity contribution >= 4 is 5.91 Å². The molecular formula is C13H21N3O. The van der Waals surface area contributed by atoms with Gasteiger partial charge in [0.25, 0.3) is 0 Å². The van der Waals surface area contributed by atoms with Gasteiger partial charge in [-0.05, 0) is 46.5 Å². The molecule has 0 saturated carbocycles. The summed E-state index contributed by atoms with van der Waals surface area (Å²) in [6.07, 6.45) is 4.56. The van der Waals surface area contributed by atoms with Crippen LogP contribution < -0.4 is 5.32 Å². The summed E-state index contributed by atoms with van der Waals surface area (Å²) in [5.74, 6) is 1.05. The highest BCUT2D eigenvalue weighted by atomic mass is 16.2. The molecule has 1 aliphatic rings. The van der Waals surface area contributed by atoms with Crippen molar-refractivity contribution in [1.82, 2.24) is 14.9 Å². The van der Waals surface area contributed by atoms with Crippen molar-refractivity contribution in [2.75, 3.05) is 0 Å². The van der Waals surface area contributed by atoms with Crippen molar-refractivity contribution in [3.63, 3.8) is 0 Å². The Morgan fingerprint density at radius 2 is 2.12 bits per heavy atom. The number of aryl methyl sites for hydroxylation is 2. The van der Waals surface area contributed by atoms with Gasteiger partial charge in [-0.15, -0.1) is 0 Å². The van der Waals surface area contributed by atoms with Crippen molar-refractivity contribution in [3.8, 4) is 0 Å². The first-order valence-electron chi connectivity index (χ1n) is 6.42. The summed E-state index contributed by atoms with van der Waals surface area (Å²) >= 11 is 0. The summed E-state index contributed by atoms with van der Waals surface area (Å²) in [6, 6.07) is 0.196. The first-order chi connectivity index (χ1) is 8.08. The number of nitrogens with zero attached hydrogens (tertiary/aromatic N) is 2. The number of nitrogens with one attached hydrogen (secondary N) is 1. The van der Waals surface area contributed by atoms with E-state index < -0.39 is 0 Å². The molecule has 1 aromatic heterocycles. The van der Waals surface area contributed by atoms with Crippen LogP contribution in [0.3, 0.4) is 0 Å². The fraction of sp³-hybridized carbons (Fsp3) is 0.692. The van der Waals surface area contributed by atoms with Crippen molar-refractivity contribution in [3.05, 3.63) is 17.2 Å².